The van der Waals surface area contributed by atoms with E-state index in [0.29, 0.717) is 27.4 Å². The van der Waals surface area contributed by atoms with E-state index in [2.05, 4.69) is 5.32 Å². The topological polar surface area (TPSA) is 41.6 Å². The zero-order valence-corrected chi connectivity index (χ0v) is 14.3. The van der Waals surface area contributed by atoms with Crippen LogP contribution in [0.2, 0.25) is 15.1 Å². The summed E-state index contributed by atoms with van der Waals surface area (Å²) in [5.74, 6) is 0.304. The highest BCUT2D eigenvalue weighted by molar-refractivity contribution is 6.43. The zero-order chi connectivity index (χ0) is 14.5. The summed E-state index contributed by atoms with van der Waals surface area (Å²) in [6.07, 6.45) is 0.944. The Balaban J connectivity index is 0.00000220. The first-order chi connectivity index (χ1) is 9.58. The summed E-state index contributed by atoms with van der Waals surface area (Å²) in [5, 5.41) is 4.28. The molecule has 8 heteroatoms. The van der Waals surface area contributed by atoms with Gasteiger partial charge in [0.05, 0.1) is 15.1 Å². The lowest BCUT2D eigenvalue weighted by molar-refractivity contribution is -0.133. The van der Waals surface area contributed by atoms with Gasteiger partial charge >= 0.3 is 0 Å². The van der Waals surface area contributed by atoms with Crippen molar-refractivity contribution in [1.29, 1.82) is 0 Å². The van der Waals surface area contributed by atoms with Gasteiger partial charge in [-0.2, -0.15) is 0 Å². The minimum Gasteiger partial charge on any atom is -0.482 e. The molecule has 1 heterocycles. The molecular weight excluding hydrogens is 358 g/mol. The second kappa shape index (κ2) is 8.91. The number of halogens is 4. The van der Waals surface area contributed by atoms with Crippen LogP contribution in [0.3, 0.4) is 0 Å². The Morgan fingerprint density at radius 2 is 1.86 bits per heavy atom. The number of hydrogen-bond acceptors (Lipinski definition) is 3. The maximum absolute atomic E-state index is 12.1. The van der Waals surface area contributed by atoms with E-state index < -0.39 is 0 Å². The van der Waals surface area contributed by atoms with Crippen molar-refractivity contribution in [2.24, 2.45) is 0 Å². The summed E-state index contributed by atoms with van der Waals surface area (Å²) >= 11 is 17.7. The minimum absolute atomic E-state index is 0. The average molecular weight is 374 g/mol. The predicted octanol–water partition coefficient (Wildman–Crippen LogP) is 3.27. The van der Waals surface area contributed by atoms with Crippen LogP contribution in [0.5, 0.6) is 5.75 Å². The van der Waals surface area contributed by atoms with Crippen LogP contribution in [0, 0.1) is 0 Å². The van der Waals surface area contributed by atoms with Crippen LogP contribution in [0.15, 0.2) is 12.1 Å². The van der Waals surface area contributed by atoms with Crippen molar-refractivity contribution in [3.63, 3.8) is 0 Å². The van der Waals surface area contributed by atoms with Crippen LogP contribution in [0.1, 0.15) is 6.42 Å². The second-order valence-electron chi connectivity index (χ2n) is 4.47. The number of benzene rings is 1. The molecule has 1 aromatic carbocycles. The molecular formula is C13H16Cl4N2O2. The Morgan fingerprint density at radius 1 is 1.14 bits per heavy atom. The molecule has 1 N–H and O–H groups in total. The van der Waals surface area contributed by atoms with Crippen LogP contribution in [-0.4, -0.2) is 43.6 Å². The van der Waals surface area contributed by atoms with Crippen molar-refractivity contribution < 1.29 is 9.53 Å². The van der Waals surface area contributed by atoms with Gasteiger partial charge in [-0.25, -0.2) is 0 Å². The van der Waals surface area contributed by atoms with Crippen LogP contribution in [0.25, 0.3) is 0 Å². The highest BCUT2D eigenvalue weighted by atomic mass is 35.5. The largest absolute Gasteiger partial charge is 0.482 e. The monoisotopic (exact) mass is 372 g/mol. The highest BCUT2D eigenvalue weighted by Crippen LogP contribution is 2.33. The number of carbonyl (C=O) groups is 1. The summed E-state index contributed by atoms with van der Waals surface area (Å²) in [5.41, 5.74) is 0. The normalized spacial score (nSPS) is 15.1. The fourth-order valence-corrected chi connectivity index (χ4v) is 2.53. The van der Waals surface area contributed by atoms with Gasteiger partial charge in [0, 0.05) is 25.7 Å². The Bertz CT molecular complexity index is 491. The third-order valence-corrected chi connectivity index (χ3v) is 4.04. The molecule has 1 aliphatic heterocycles. The Hall–Kier alpha value is -0.390. The van der Waals surface area contributed by atoms with Crippen LogP contribution in [-0.2, 0) is 4.79 Å². The first-order valence-electron chi connectivity index (χ1n) is 6.34. The van der Waals surface area contributed by atoms with Crippen molar-refractivity contribution in [3.05, 3.63) is 27.2 Å². The van der Waals surface area contributed by atoms with Gasteiger partial charge in [0.25, 0.3) is 5.91 Å². The molecule has 0 unspecified atom stereocenters. The molecule has 0 radical (unpaired) electrons. The number of hydrogen-bond donors (Lipinski definition) is 1. The first-order valence-corrected chi connectivity index (χ1v) is 7.47. The Kier molecular flexibility index (Phi) is 7.92. The minimum atomic E-state index is -0.0594. The molecule has 4 nitrogen and oxygen atoms in total. The van der Waals surface area contributed by atoms with Crippen molar-refractivity contribution >= 4 is 53.1 Å². The zero-order valence-electron chi connectivity index (χ0n) is 11.2. The molecule has 1 aliphatic rings. The number of ether oxygens (including phenoxy) is 1. The third-order valence-electron chi connectivity index (χ3n) is 3.02. The number of nitrogens with zero attached hydrogens (tertiary/aromatic N) is 1. The van der Waals surface area contributed by atoms with E-state index >= 15 is 0 Å². The summed E-state index contributed by atoms with van der Waals surface area (Å²) in [6, 6.07) is 3.02. The van der Waals surface area contributed by atoms with Crippen LogP contribution in [0.4, 0.5) is 0 Å². The van der Waals surface area contributed by atoms with E-state index in [1.807, 2.05) is 0 Å². The summed E-state index contributed by atoms with van der Waals surface area (Å²) in [6.45, 7) is 3.11. The van der Waals surface area contributed by atoms with Crippen molar-refractivity contribution in [3.8, 4) is 5.75 Å². The van der Waals surface area contributed by atoms with Gasteiger partial charge in [0.2, 0.25) is 0 Å². The molecule has 0 aromatic heterocycles. The Labute approximate surface area is 145 Å². The van der Waals surface area contributed by atoms with Gasteiger partial charge in [-0.05, 0) is 19.0 Å². The molecule has 0 aliphatic carbocycles. The fourth-order valence-electron chi connectivity index (χ4n) is 1.94. The van der Waals surface area contributed by atoms with Gasteiger partial charge in [-0.15, -0.1) is 12.4 Å². The maximum Gasteiger partial charge on any atom is 0.260 e. The molecule has 0 bridgehead atoms. The van der Waals surface area contributed by atoms with Gasteiger partial charge in [-0.1, -0.05) is 34.8 Å². The highest BCUT2D eigenvalue weighted by Gasteiger charge is 2.16. The third kappa shape index (κ3) is 5.38. The fraction of sp³-hybridized carbons (Fsp3) is 0.462. The number of amides is 1. The molecule has 21 heavy (non-hydrogen) atoms. The average Bonchev–Trinajstić information content (AvgIpc) is 2.70. The number of carbonyl (C=O) groups excluding carboxylic acids is 1. The summed E-state index contributed by atoms with van der Waals surface area (Å²) in [4.78, 5) is 13.8. The standard InChI is InChI=1S/C13H15Cl3N2O2.ClH/c14-9-6-11(16)12(7-10(9)15)20-8-13(19)18-4-1-2-17-3-5-18;/h6-7,17H,1-5,8H2;1H. The second-order valence-corrected chi connectivity index (χ2v) is 5.69. The van der Waals surface area contributed by atoms with E-state index in [1.165, 1.54) is 12.1 Å². The van der Waals surface area contributed by atoms with E-state index in [0.717, 1.165) is 26.1 Å². The SMILES string of the molecule is Cl.O=C(COc1cc(Cl)c(Cl)cc1Cl)N1CCCNCC1. The van der Waals surface area contributed by atoms with Crippen LogP contribution < -0.4 is 10.1 Å². The van der Waals surface area contributed by atoms with Gasteiger partial charge in [-0.3, -0.25) is 4.79 Å². The molecule has 0 atom stereocenters. The van der Waals surface area contributed by atoms with Gasteiger partial charge in [0.15, 0.2) is 6.61 Å². The van der Waals surface area contributed by atoms with E-state index in [9.17, 15) is 4.79 Å². The van der Waals surface area contributed by atoms with E-state index in [1.54, 1.807) is 4.90 Å². The lowest BCUT2D eigenvalue weighted by Crippen LogP contribution is -2.37. The molecule has 2 rings (SSSR count). The van der Waals surface area contributed by atoms with Crippen molar-refractivity contribution in [2.75, 3.05) is 32.8 Å². The molecule has 118 valence electrons. The molecule has 1 fully saturated rings. The number of nitrogens with one attached hydrogen (secondary N) is 1. The van der Waals surface area contributed by atoms with Crippen molar-refractivity contribution in [1.82, 2.24) is 10.2 Å². The summed E-state index contributed by atoms with van der Waals surface area (Å²) in [7, 11) is 0. The van der Waals surface area contributed by atoms with E-state index in [-0.39, 0.29) is 24.9 Å². The Morgan fingerprint density at radius 3 is 2.62 bits per heavy atom. The van der Waals surface area contributed by atoms with Crippen LogP contribution >= 0.6 is 47.2 Å². The van der Waals surface area contributed by atoms with Crippen molar-refractivity contribution in [2.45, 2.75) is 6.42 Å². The maximum atomic E-state index is 12.1. The lowest BCUT2D eigenvalue weighted by Gasteiger charge is -2.20. The molecule has 1 saturated heterocycles. The predicted molar refractivity (Wildman–Crippen MR) is 88.3 cm³/mol. The smallest absolute Gasteiger partial charge is 0.260 e. The molecule has 1 amide bonds. The lowest BCUT2D eigenvalue weighted by atomic mass is 10.3. The van der Waals surface area contributed by atoms with Gasteiger partial charge < -0.3 is 15.0 Å². The van der Waals surface area contributed by atoms with E-state index in [4.69, 9.17) is 39.5 Å². The molecule has 0 saturated carbocycles. The van der Waals surface area contributed by atoms with Gasteiger partial charge in [0.1, 0.15) is 5.75 Å². The quantitative estimate of drug-likeness (QED) is 0.826. The number of rotatable bonds is 3. The molecule has 0 spiro atoms. The summed E-state index contributed by atoms with van der Waals surface area (Å²) < 4.78 is 5.44. The first kappa shape index (κ1) is 18.7. The molecule has 1 aromatic rings.